The molecular formula is C19H21NO3S. The molecule has 0 bridgehead atoms. The van der Waals surface area contributed by atoms with Crippen molar-refractivity contribution in [2.75, 3.05) is 0 Å². The Hall–Kier alpha value is -2.14. The highest BCUT2D eigenvalue weighted by Crippen LogP contribution is 2.36. The van der Waals surface area contributed by atoms with Crippen LogP contribution in [0.5, 0.6) is 0 Å². The molecular weight excluding hydrogens is 322 g/mol. The molecule has 0 aliphatic heterocycles. The van der Waals surface area contributed by atoms with E-state index in [0.29, 0.717) is 19.3 Å². The zero-order chi connectivity index (χ0) is 17.1. The molecule has 1 aromatic heterocycles. The molecule has 3 unspecified atom stereocenters. The van der Waals surface area contributed by atoms with Crippen molar-refractivity contribution in [3.8, 4) is 0 Å². The molecule has 3 rings (SSSR count). The Kier molecular flexibility index (Phi) is 5.00. The van der Waals surface area contributed by atoms with E-state index in [1.807, 2.05) is 48.7 Å². The molecule has 2 N–H and O–H groups in total. The van der Waals surface area contributed by atoms with Crippen LogP contribution in [-0.4, -0.2) is 17.0 Å². The highest BCUT2D eigenvalue weighted by Gasteiger charge is 2.42. The first-order valence-corrected chi connectivity index (χ1v) is 9.05. The fraction of sp³-hybridized carbons (Fsp3) is 0.368. The van der Waals surface area contributed by atoms with Crippen LogP contribution in [0.4, 0.5) is 0 Å². The van der Waals surface area contributed by atoms with Crippen LogP contribution in [-0.2, 0) is 16.0 Å². The van der Waals surface area contributed by atoms with Gasteiger partial charge in [0.15, 0.2) is 0 Å². The molecule has 5 heteroatoms. The van der Waals surface area contributed by atoms with Crippen LogP contribution >= 0.6 is 11.3 Å². The molecule has 0 radical (unpaired) electrons. The third-order valence-corrected chi connectivity index (χ3v) is 5.88. The first-order valence-electron chi connectivity index (χ1n) is 8.17. The predicted molar refractivity (Wildman–Crippen MR) is 93.9 cm³/mol. The lowest BCUT2D eigenvalue weighted by atomic mass is 9.73. The third-order valence-electron chi connectivity index (χ3n) is 4.75. The molecule has 1 aliphatic rings. The first kappa shape index (κ1) is 16.7. The van der Waals surface area contributed by atoms with E-state index in [1.54, 1.807) is 11.3 Å². The monoisotopic (exact) mass is 343 g/mol. The van der Waals surface area contributed by atoms with Gasteiger partial charge in [0, 0.05) is 4.88 Å². The van der Waals surface area contributed by atoms with Crippen molar-refractivity contribution >= 4 is 23.2 Å². The van der Waals surface area contributed by atoms with Gasteiger partial charge >= 0.3 is 5.97 Å². The summed E-state index contributed by atoms with van der Waals surface area (Å²) in [6.45, 7) is 2.04. The SMILES string of the molecule is Cc1ccsc1C(Cc1ccccc1)NC(=O)C1CCC1C(=O)O. The largest absolute Gasteiger partial charge is 0.481 e. The number of carboxylic acid groups (broad SMARTS) is 1. The first-order chi connectivity index (χ1) is 11.6. The van der Waals surface area contributed by atoms with Crippen molar-refractivity contribution in [2.45, 2.75) is 32.2 Å². The Morgan fingerprint density at radius 2 is 1.92 bits per heavy atom. The van der Waals surface area contributed by atoms with E-state index >= 15 is 0 Å². The topological polar surface area (TPSA) is 66.4 Å². The van der Waals surface area contributed by atoms with Gasteiger partial charge in [-0.25, -0.2) is 0 Å². The number of carboxylic acids is 1. The number of nitrogens with one attached hydrogen (secondary N) is 1. The van der Waals surface area contributed by atoms with Crippen molar-refractivity contribution in [1.82, 2.24) is 5.32 Å². The zero-order valence-corrected chi connectivity index (χ0v) is 14.4. The van der Waals surface area contributed by atoms with Crippen molar-refractivity contribution in [2.24, 2.45) is 11.8 Å². The maximum absolute atomic E-state index is 12.6. The number of rotatable bonds is 6. The number of hydrogen-bond donors (Lipinski definition) is 2. The van der Waals surface area contributed by atoms with Crippen LogP contribution in [0.15, 0.2) is 41.8 Å². The Balaban J connectivity index is 1.76. The van der Waals surface area contributed by atoms with E-state index in [0.717, 1.165) is 16.0 Å². The van der Waals surface area contributed by atoms with Gasteiger partial charge in [0.25, 0.3) is 0 Å². The summed E-state index contributed by atoms with van der Waals surface area (Å²) < 4.78 is 0. The van der Waals surface area contributed by atoms with E-state index in [2.05, 4.69) is 5.32 Å². The average Bonchev–Trinajstić information content (AvgIpc) is 2.92. The Morgan fingerprint density at radius 3 is 2.46 bits per heavy atom. The summed E-state index contributed by atoms with van der Waals surface area (Å²) in [6.07, 6.45) is 1.96. The number of carbonyl (C=O) groups is 2. The molecule has 1 aliphatic carbocycles. The van der Waals surface area contributed by atoms with Gasteiger partial charge in [0.1, 0.15) is 0 Å². The Bertz CT molecular complexity index is 725. The number of aryl methyl sites for hydroxylation is 1. The maximum atomic E-state index is 12.6. The molecule has 1 fully saturated rings. The van der Waals surface area contributed by atoms with Crippen LogP contribution in [0, 0.1) is 18.8 Å². The molecule has 1 amide bonds. The summed E-state index contributed by atoms with van der Waals surface area (Å²) in [6, 6.07) is 12.0. The van der Waals surface area contributed by atoms with Gasteiger partial charge < -0.3 is 10.4 Å². The van der Waals surface area contributed by atoms with E-state index in [-0.39, 0.29) is 11.9 Å². The standard InChI is InChI=1S/C19H21NO3S/c1-12-9-10-24-17(12)16(11-13-5-3-2-4-6-13)20-18(21)14-7-8-15(14)19(22)23/h2-6,9-10,14-16H,7-8,11H2,1H3,(H,20,21)(H,22,23). The lowest BCUT2D eigenvalue weighted by molar-refractivity contribution is -0.153. The van der Waals surface area contributed by atoms with Gasteiger partial charge in [-0.1, -0.05) is 30.3 Å². The smallest absolute Gasteiger partial charge is 0.307 e. The van der Waals surface area contributed by atoms with Gasteiger partial charge in [-0.3, -0.25) is 9.59 Å². The second-order valence-electron chi connectivity index (χ2n) is 6.35. The van der Waals surface area contributed by atoms with Crippen LogP contribution in [0.25, 0.3) is 0 Å². The van der Waals surface area contributed by atoms with Crippen molar-refractivity contribution < 1.29 is 14.7 Å². The normalized spacial score (nSPS) is 20.9. The molecule has 126 valence electrons. The third kappa shape index (κ3) is 3.51. The van der Waals surface area contributed by atoms with Crippen LogP contribution in [0.1, 0.15) is 34.9 Å². The summed E-state index contributed by atoms with van der Waals surface area (Å²) in [5.41, 5.74) is 2.31. The van der Waals surface area contributed by atoms with Crippen LogP contribution < -0.4 is 5.32 Å². The number of amides is 1. The minimum atomic E-state index is -0.867. The van der Waals surface area contributed by atoms with Crippen molar-refractivity contribution in [3.05, 3.63) is 57.8 Å². The van der Waals surface area contributed by atoms with Gasteiger partial charge in [-0.2, -0.15) is 0 Å². The van der Waals surface area contributed by atoms with Crippen molar-refractivity contribution in [1.29, 1.82) is 0 Å². The zero-order valence-electron chi connectivity index (χ0n) is 13.6. The quantitative estimate of drug-likeness (QED) is 0.843. The lowest BCUT2D eigenvalue weighted by Gasteiger charge is -2.33. The summed E-state index contributed by atoms with van der Waals surface area (Å²) >= 11 is 1.63. The second-order valence-corrected chi connectivity index (χ2v) is 7.30. The Labute approximate surface area is 145 Å². The summed E-state index contributed by atoms with van der Waals surface area (Å²) in [4.78, 5) is 24.9. The van der Waals surface area contributed by atoms with Gasteiger partial charge in [0.2, 0.25) is 5.91 Å². The molecule has 4 nitrogen and oxygen atoms in total. The number of hydrogen-bond acceptors (Lipinski definition) is 3. The summed E-state index contributed by atoms with van der Waals surface area (Å²) in [5, 5.41) is 14.3. The Morgan fingerprint density at radius 1 is 1.21 bits per heavy atom. The highest BCUT2D eigenvalue weighted by molar-refractivity contribution is 7.10. The molecule has 1 aromatic carbocycles. The number of aliphatic carboxylic acids is 1. The van der Waals surface area contributed by atoms with Gasteiger partial charge in [-0.15, -0.1) is 11.3 Å². The highest BCUT2D eigenvalue weighted by atomic mass is 32.1. The fourth-order valence-electron chi connectivity index (χ4n) is 3.19. The van der Waals surface area contributed by atoms with Crippen LogP contribution in [0.2, 0.25) is 0 Å². The molecule has 1 saturated carbocycles. The van der Waals surface area contributed by atoms with Crippen LogP contribution in [0.3, 0.4) is 0 Å². The van der Waals surface area contributed by atoms with Crippen molar-refractivity contribution in [3.63, 3.8) is 0 Å². The van der Waals surface area contributed by atoms with E-state index in [1.165, 1.54) is 0 Å². The molecule has 0 spiro atoms. The summed E-state index contributed by atoms with van der Waals surface area (Å²) in [7, 11) is 0. The number of carbonyl (C=O) groups excluding carboxylic acids is 1. The maximum Gasteiger partial charge on any atom is 0.307 e. The predicted octanol–water partition coefficient (Wildman–Crippen LogP) is 3.57. The molecule has 1 heterocycles. The molecule has 0 saturated heterocycles. The van der Waals surface area contributed by atoms with Gasteiger partial charge in [0.05, 0.1) is 17.9 Å². The van der Waals surface area contributed by atoms with E-state index in [4.69, 9.17) is 0 Å². The van der Waals surface area contributed by atoms with E-state index in [9.17, 15) is 14.7 Å². The number of benzene rings is 1. The summed E-state index contributed by atoms with van der Waals surface area (Å²) in [5.74, 6) is -1.94. The number of thiophene rings is 1. The lowest BCUT2D eigenvalue weighted by Crippen LogP contribution is -2.45. The van der Waals surface area contributed by atoms with Gasteiger partial charge in [-0.05, 0) is 48.8 Å². The minimum absolute atomic E-state index is 0.116. The molecule has 2 aromatic rings. The second kappa shape index (κ2) is 7.18. The average molecular weight is 343 g/mol. The van der Waals surface area contributed by atoms with E-state index < -0.39 is 17.8 Å². The minimum Gasteiger partial charge on any atom is -0.481 e. The molecule has 3 atom stereocenters. The fourth-order valence-corrected chi connectivity index (χ4v) is 4.17. The molecule has 24 heavy (non-hydrogen) atoms.